The molecule has 3 heterocycles. The van der Waals surface area contributed by atoms with Crippen LogP contribution in [0, 0.1) is 0 Å². The number of amides is 1. The molecule has 0 saturated carbocycles. The van der Waals surface area contributed by atoms with E-state index in [1.165, 1.54) is 17.5 Å². The maximum Gasteiger partial charge on any atom is 0.259 e. The van der Waals surface area contributed by atoms with Gasteiger partial charge in [0, 0.05) is 34.6 Å². The number of anilines is 1. The topological polar surface area (TPSA) is 72.7 Å². The predicted octanol–water partition coefficient (Wildman–Crippen LogP) is 4.30. The first-order valence-electron chi connectivity index (χ1n) is 7.67. The van der Waals surface area contributed by atoms with Crippen molar-refractivity contribution in [2.75, 3.05) is 5.32 Å². The molecule has 0 saturated heterocycles. The number of nitrogens with zero attached hydrogens (tertiary/aromatic N) is 4. The van der Waals surface area contributed by atoms with Crippen LogP contribution in [0.3, 0.4) is 0 Å². The number of aromatic nitrogens is 4. The molecule has 0 atom stereocenters. The number of rotatable bonds is 4. The molecule has 3 aromatic heterocycles. The summed E-state index contributed by atoms with van der Waals surface area (Å²) in [7, 11) is 0. The van der Waals surface area contributed by atoms with E-state index in [2.05, 4.69) is 20.3 Å². The highest BCUT2D eigenvalue weighted by Crippen LogP contribution is 2.30. The minimum atomic E-state index is -0.269. The summed E-state index contributed by atoms with van der Waals surface area (Å²) in [6.45, 7) is 0. The third-order valence-corrected chi connectivity index (χ3v) is 4.74. The van der Waals surface area contributed by atoms with Crippen LogP contribution in [-0.4, -0.2) is 25.4 Å². The highest BCUT2D eigenvalue weighted by Gasteiger charge is 2.12. The molecule has 4 rings (SSSR count). The predicted molar refractivity (Wildman–Crippen MR) is 102 cm³/mol. The van der Waals surface area contributed by atoms with Gasteiger partial charge < -0.3 is 0 Å². The lowest BCUT2D eigenvalue weighted by molar-refractivity contribution is 0.102. The molecule has 0 fully saturated rings. The quantitative estimate of drug-likeness (QED) is 0.572. The van der Waals surface area contributed by atoms with E-state index in [1.54, 1.807) is 35.4 Å². The van der Waals surface area contributed by atoms with Crippen molar-refractivity contribution in [2.24, 2.45) is 0 Å². The summed E-state index contributed by atoms with van der Waals surface area (Å²) in [6.07, 6.45) is 6.62. The van der Waals surface area contributed by atoms with E-state index >= 15 is 0 Å². The van der Waals surface area contributed by atoms with Crippen LogP contribution in [0.15, 0.2) is 66.7 Å². The summed E-state index contributed by atoms with van der Waals surface area (Å²) in [5.41, 5.74) is 2.00. The van der Waals surface area contributed by atoms with Crippen LogP contribution in [-0.2, 0) is 0 Å². The molecule has 8 heteroatoms. The molecular formula is C18H12ClN5OS. The number of nitrogens with one attached hydrogen (secondary N) is 1. The molecule has 0 radical (unpaired) electrons. The third-order valence-electron chi connectivity index (χ3n) is 3.65. The summed E-state index contributed by atoms with van der Waals surface area (Å²) >= 11 is 7.53. The highest BCUT2D eigenvalue weighted by atomic mass is 35.5. The normalized spacial score (nSPS) is 10.7. The fourth-order valence-corrected chi connectivity index (χ4v) is 3.30. The van der Waals surface area contributed by atoms with Gasteiger partial charge >= 0.3 is 0 Å². The van der Waals surface area contributed by atoms with Crippen LogP contribution >= 0.6 is 22.9 Å². The summed E-state index contributed by atoms with van der Waals surface area (Å²) in [6, 6.07) is 10.9. The van der Waals surface area contributed by atoms with Gasteiger partial charge in [-0.3, -0.25) is 14.7 Å². The van der Waals surface area contributed by atoms with Gasteiger partial charge in [-0.2, -0.15) is 0 Å². The molecular weight excluding hydrogens is 370 g/mol. The number of hydrogen-bond donors (Lipinski definition) is 1. The summed E-state index contributed by atoms with van der Waals surface area (Å²) in [5, 5.41) is 5.77. The number of halogens is 1. The van der Waals surface area contributed by atoms with Crippen LogP contribution in [0.1, 0.15) is 10.4 Å². The zero-order chi connectivity index (χ0) is 17.9. The van der Waals surface area contributed by atoms with Crippen LogP contribution in [0.2, 0.25) is 5.02 Å². The number of thiazole rings is 1. The van der Waals surface area contributed by atoms with Gasteiger partial charge in [-0.05, 0) is 18.2 Å². The van der Waals surface area contributed by atoms with Crippen molar-refractivity contribution < 1.29 is 4.79 Å². The van der Waals surface area contributed by atoms with Crippen molar-refractivity contribution in [2.45, 2.75) is 0 Å². The Balaban J connectivity index is 1.49. The molecule has 0 bridgehead atoms. The highest BCUT2D eigenvalue weighted by molar-refractivity contribution is 7.14. The van der Waals surface area contributed by atoms with E-state index in [-0.39, 0.29) is 5.91 Å². The summed E-state index contributed by atoms with van der Waals surface area (Å²) < 4.78 is 1.76. The van der Waals surface area contributed by atoms with E-state index in [0.717, 1.165) is 11.3 Å². The molecule has 1 N–H and O–H groups in total. The number of imidazole rings is 1. The van der Waals surface area contributed by atoms with Crippen molar-refractivity contribution in [1.29, 1.82) is 0 Å². The zero-order valence-corrected chi connectivity index (χ0v) is 14.9. The van der Waals surface area contributed by atoms with Crippen LogP contribution in [0.5, 0.6) is 0 Å². The minimum absolute atomic E-state index is 0.269. The molecule has 0 aliphatic rings. The van der Waals surface area contributed by atoms with E-state index in [9.17, 15) is 4.79 Å². The standard InChI is InChI=1S/C18H12ClN5OS/c19-14-4-2-1-3-13(14)15-10-26-18(22-15)23-17(25)12-5-6-16(21-9-12)24-8-7-20-11-24/h1-11H,(H,22,23,25). The van der Waals surface area contributed by atoms with Gasteiger partial charge in [0.15, 0.2) is 5.13 Å². The molecule has 0 unspecified atom stereocenters. The molecule has 0 aliphatic heterocycles. The first-order valence-corrected chi connectivity index (χ1v) is 8.92. The third kappa shape index (κ3) is 3.35. The number of benzene rings is 1. The van der Waals surface area contributed by atoms with E-state index in [4.69, 9.17) is 11.6 Å². The monoisotopic (exact) mass is 381 g/mol. The maximum absolute atomic E-state index is 12.4. The Hall–Kier alpha value is -3.03. The molecule has 26 heavy (non-hydrogen) atoms. The lowest BCUT2D eigenvalue weighted by Crippen LogP contribution is -2.12. The first kappa shape index (κ1) is 16.4. The summed E-state index contributed by atoms with van der Waals surface area (Å²) in [4.78, 5) is 25.1. The van der Waals surface area contributed by atoms with Gasteiger partial charge in [-0.1, -0.05) is 29.8 Å². The number of pyridine rings is 1. The van der Waals surface area contributed by atoms with Crippen LogP contribution in [0.25, 0.3) is 17.1 Å². The van der Waals surface area contributed by atoms with Gasteiger partial charge in [0.1, 0.15) is 12.1 Å². The van der Waals surface area contributed by atoms with Crippen molar-refractivity contribution >= 4 is 34.0 Å². The second-order valence-electron chi connectivity index (χ2n) is 5.35. The molecule has 1 aromatic carbocycles. The van der Waals surface area contributed by atoms with Crippen molar-refractivity contribution in [3.63, 3.8) is 0 Å². The molecule has 0 spiro atoms. The van der Waals surface area contributed by atoms with Crippen LogP contribution in [0.4, 0.5) is 5.13 Å². The second kappa shape index (κ2) is 7.07. The van der Waals surface area contributed by atoms with Gasteiger partial charge in [-0.15, -0.1) is 11.3 Å². The Bertz CT molecular complexity index is 1040. The Morgan fingerprint density at radius 1 is 1.19 bits per heavy atom. The largest absolute Gasteiger partial charge is 0.298 e. The molecule has 1 amide bonds. The lowest BCUT2D eigenvalue weighted by Gasteiger charge is -2.04. The molecule has 128 valence electrons. The lowest BCUT2D eigenvalue weighted by atomic mass is 10.2. The minimum Gasteiger partial charge on any atom is -0.298 e. The average molecular weight is 382 g/mol. The Morgan fingerprint density at radius 3 is 2.81 bits per heavy atom. The number of carbonyl (C=O) groups excluding carboxylic acids is 1. The van der Waals surface area contributed by atoms with E-state index < -0.39 is 0 Å². The smallest absolute Gasteiger partial charge is 0.259 e. The Morgan fingerprint density at radius 2 is 2.08 bits per heavy atom. The maximum atomic E-state index is 12.4. The average Bonchev–Trinajstić information content (AvgIpc) is 3.34. The number of carbonyl (C=O) groups is 1. The number of hydrogen-bond acceptors (Lipinski definition) is 5. The van der Waals surface area contributed by atoms with Crippen LogP contribution < -0.4 is 5.32 Å². The Kier molecular flexibility index (Phi) is 4.47. The fourth-order valence-electron chi connectivity index (χ4n) is 2.36. The second-order valence-corrected chi connectivity index (χ2v) is 6.61. The van der Waals surface area contributed by atoms with Gasteiger partial charge in [0.05, 0.1) is 11.3 Å². The van der Waals surface area contributed by atoms with Crippen molar-refractivity contribution in [3.05, 3.63) is 77.3 Å². The zero-order valence-electron chi connectivity index (χ0n) is 13.3. The first-order chi connectivity index (χ1) is 12.7. The van der Waals surface area contributed by atoms with Crippen molar-refractivity contribution in [3.8, 4) is 17.1 Å². The molecule has 0 aliphatic carbocycles. The van der Waals surface area contributed by atoms with Gasteiger partial charge in [0.25, 0.3) is 5.91 Å². The van der Waals surface area contributed by atoms with E-state index in [1.807, 2.05) is 29.6 Å². The molecule has 6 nitrogen and oxygen atoms in total. The van der Waals surface area contributed by atoms with Gasteiger partial charge in [0.2, 0.25) is 0 Å². The SMILES string of the molecule is O=C(Nc1nc(-c2ccccc2Cl)cs1)c1ccc(-n2ccnc2)nc1. The van der Waals surface area contributed by atoms with Crippen molar-refractivity contribution in [1.82, 2.24) is 19.5 Å². The van der Waals surface area contributed by atoms with E-state index in [0.29, 0.717) is 21.5 Å². The van der Waals surface area contributed by atoms with Gasteiger partial charge in [-0.25, -0.2) is 15.0 Å². The fraction of sp³-hybridized carbons (Fsp3) is 0. The summed E-state index contributed by atoms with van der Waals surface area (Å²) in [5.74, 6) is 0.420. The Labute approximate surface area is 158 Å². The molecule has 4 aromatic rings.